The molecule has 0 atom stereocenters. The zero-order valence-electron chi connectivity index (χ0n) is 9.06. The summed E-state index contributed by atoms with van der Waals surface area (Å²) in [5, 5.41) is 0. The summed E-state index contributed by atoms with van der Waals surface area (Å²) in [7, 11) is -2.00. The topological polar surface area (TPSA) is 72.5 Å². The van der Waals surface area contributed by atoms with Crippen LogP contribution in [0, 0.1) is 0 Å². The van der Waals surface area contributed by atoms with E-state index in [-0.39, 0.29) is 11.3 Å². The van der Waals surface area contributed by atoms with Crippen LogP contribution in [0.25, 0.3) is 0 Å². The van der Waals surface area contributed by atoms with Crippen molar-refractivity contribution in [3.8, 4) is 5.75 Å². The summed E-state index contributed by atoms with van der Waals surface area (Å²) in [6.07, 6.45) is 0. The van der Waals surface area contributed by atoms with E-state index in [9.17, 15) is 13.2 Å². The maximum Gasteiger partial charge on any atom is 0.264 e. The molecular weight excluding hydrogens is 230 g/mol. The number of sulfonamides is 1. The van der Waals surface area contributed by atoms with Gasteiger partial charge in [0.25, 0.3) is 5.91 Å². The van der Waals surface area contributed by atoms with Gasteiger partial charge in [-0.1, -0.05) is 0 Å². The van der Waals surface area contributed by atoms with Crippen LogP contribution in [0.2, 0.25) is 0 Å². The van der Waals surface area contributed by atoms with Crippen molar-refractivity contribution in [2.24, 2.45) is 0 Å². The van der Waals surface area contributed by atoms with Crippen molar-refractivity contribution in [2.75, 3.05) is 12.9 Å². The van der Waals surface area contributed by atoms with E-state index < -0.39 is 15.9 Å². The van der Waals surface area contributed by atoms with Crippen LogP contribution in [-0.4, -0.2) is 27.2 Å². The summed E-state index contributed by atoms with van der Waals surface area (Å²) in [5.41, 5.74) is 0.276. The van der Waals surface area contributed by atoms with Crippen molar-refractivity contribution in [3.05, 3.63) is 29.8 Å². The van der Waals surface area contributed by atoms with Crippen LogP contribution in [0.15, 0.2) is 24.3 Å². The molecule has 0 radical (unpaired) electrons. The Bertz CT molecular complexity index is 464. The minimum atomic E-state index is -3.51. The first kappa shape index (κ1) is 12.5. The molecule has 0 saturated carbocycles. The maximum atomic E-state index is 11.5. The first-order valence-electron chi connectivity index (χ1n) is 4.67. The molecule has 1 N–H and O–H groups in total. The number of methoxy groups -OCH3 is 1. The van der Waals surface area contributed by atoms with E-state index in [1.807, 2.05) is 4.72 Å². The first-order chi connectivity index (χ1) is 7.48. The number of rotatable bonds is 4. The molecule has 0 spiro atoms. The molecule has 1 aromatic rings. The number of hydrogen-bond acceptors (Lipinski definition) is 4. The Kier molecular flexibility index (Phi) is 3.89. The molecule has 0 aromatic heterocycles. The van der Waals surface area contributed by atoms with Gasteiger partial charge in [0.1, 0.15) is 5.75 Å². The summed E-state index contributed by atoms with van der Waals surface area (Å²) in [5.74, 6) is -0.158. The van der Waals surface area contributed by atoms with Gasteiger partial charge in [0.2, 0.25) is 10.0 Å². The van der Waals surface area contributed by atoms with E-state index in [2.05, 4.69) is 0 Å². The molecule has 0 fully saturated rings. The number of amides is 1. The monoisotopic (exact) mass is 243 g/mol. The average molecular weight is 243 g/mol. The summed E-state index contributed by atoms with van der Waals surface area (Å²) in [6.45, 7) is 1.46. The molecule has 0 saturated heterocycles. The van der Waals surface area contributed by atoms with E-state index in [0.29, 0.717) is 5.75 Å². The number of carbonyl (C=O) groups is 1. The molecule has 0 aliphatic heterocycles. The van der Waals surface area contributed by atoms with Gasteiger partial charge < -0.3 is 4.74 Å². The van der Waals surface area contributed by atoms with Gasteiger partial charge in [-0.2, -0.15) is 0 Å². The summed E-state index contributed by atoms with van der Waals surface area (Å²) in [6, 6.07) is 6.18. The highest BCUT2D eigenvalue weighted by atomic mass is 32.2. The molecule has 1 amide bonds. The van der Waals surface area contributed by atoms with Crippen LogP contribution >= 0.6 is 0 Å². The van der Waals surface area contributed by atoms with Crippen LogP contribution < -0.4 is 9.46 Å². The van der Waals surface area contributed by atoms with Crippen molar-refractivity contribution < 1.29 is 17.9 Å². The van der Waals surface area contributed by atoms with Gasteiger partial charge in [-0.25, -0.2) is 13.1 Å². The largest absolute Gasteiger partial charge is 0.497 e. The highest BCUT2D eigenvalue weighted by Gasteiger charge is 2.13. The lowest BCUT2D eigenvalue weighted by atomic mass is 10.2. The van der Waals surface area contributed by atoms with Crippen LogP contribution in [0.3, 0.4) is 0 Å². The molecule has 0 unspecified atom stereocenters. The predicted molar refractivity (Wildman–Crippen MR) is 59.9 cm³/mol. The van der Waals surface area contributed by atoms with Gasteiger partial charge in [0.15, 0.2) is 0 Å². The Morgan fingerprint density at radius 1 is 1.31 bits per heavy atom. The number of ether oxygens (including phenoxy) is 1. The van der Waals surface area contributed by atoms with Crippen LogP contribution in [0.5, 0.6) is 5.75 Å². The second-order valence-electron chi connectivity index (χ2n) is 3.06. The molecule has 0 bridgehead atoms. The Hall–Kier alpha value is -1.56. The lowest BCUT2D eigenvalue weighted by Gasteiger charge is -2.05. The summed E-state index contributed by atoms with van der Waals surface area (Å²) >= 11 is 0. The average Bonchev–Trinajstić information content (AvgIpc) is 2.28. The summed E-state index contributed by atoms with van der Waals surface area (Å²) < 4.78 is 29.2. The molecule has 1 rings (SSSR count). The van der Waals surface area contributed by atoms with Crippen molar-refractivity contribution in [2.45, 2.75) is 6.92 Å². The van der Waals surface area contributed by atoms with E-state index >= 15 is 0 Å². The summed E-state index contributed by atoms with van der Waals surface area (Å²) in [4.78, 5) is 11.5. The molecule has 0 aliphatic carbocycles. The van der Waals surface area contributed by atoms with Crippen molar-refractivity contribution in [1.29, 1.82) is 0 Å². The second-order valence-corrected chi connectivity index (χ2v) is 5.07. The molecule has 88 valence electrons. The van der Waals surface area contributed by atoms with Gasteiger partial charge >= 0.3 is 0 Å². The predicted octanol–water partition coefficient (Wildman–Crippen LogP) is 0.775. The van der Waals surface area contributed by atoms with Crippen LogP contribution in [0.4, 0.5) is 0 Å². The van der Waals surface area contributed by atoms with Crippen molar-refractivity contribution in [3.63, 3.8) is 0 Å². The van der Waals surface area contributed by atoms with Crippen LogP contribution in [-0.2, 0) is 10.0 Å². The first-order valence-corrected chi connectivity index (χ1v) is 6.32. The molecule has 1 aromatic carbocycles. The fourth-order valence-electron chi connectivity index (χ4n) is 1.01. The Morgan fingerprint density at radius 2 is 1.88 bits per heavy atom. The van der Waals surface area contributed by atoms with E-state index in [4.69, 9.17) is 4.74 Å². The van der Waals surface area contributed by atoms with Gasteiger partial charge in [-0.05, 0) is 31.2 Å². The van der Waals surface area contributed by atoms with Crippen molar-refractivity contribution >= 4 is 15.9 Å². The van der Waals surface area contributed by atoms with Gasteiger partial charge in [0, 0.05) is 5.56 Å². The lowest BCUT2D eigenvalue weighted by Crippen LogP contribution is -2.31. The number of benzene rings is 1. The molecule has 0 heterocycles. The number of nitrogens with one attached hydrogen (secondary N) is 1. The quantitative estimate of drug-likeness (QED) is 0.848. The van der Waals surface area contributed by atoms with E-state index in [0.717, 1.165) is 0 Å². The zero-order chi connectivity index (χ0) is 12.2. The second kappa shape index (κ2) is 4.98. The number of hydrogen-bond donors (Lipinski definition) is 1. The Labute approximate surface area is 94.5 Å². The third kappa shape index (κ3) is 3.23. The van der Waals surface area contributed by atoms with E-state index in [1.54, 1.807) is 12.1 Å². The Balaban J connectivity index is 2.81. The lowest BCUT2D eigenvalue weighted by molar-refractivity contribution is 0.0981. The molecule has 5 nitrogen and oxygen atoms in total. The maximum absolute atomic E-state index is 11.5. The van der Waals surface area contributed by atoms with Gasteiger partial charge in [-0.15, -0.1) is 0 Å². The molecule has 6 heteroatoms. The number of carbonyl (C=O) groups excluding carboxylic acids is 1. The molecule has 16 heavy (non-hydrogen) atoms. The highest BCUT2D eigenvalue weighted by Crippen LogP contribution is 2.11. The SMILES string of the molecule is CCS(=O)(=O)NC(=O)c1ccc(OC)cc1. The van der Waals surface area contributed by atoms with Gasteiger partial charge in [-0.3, -0.25) is 4.79 Å². The molecular formula is C10H13NO4S. The third-order valence-electron chi connectivity index (χ3n) is 1.98. The third-order valence-corrected chi connectivity index (χ3v) is 3.24. The van der Waals surface area contributed by atoms with Gasteiger partial charge in [0.05, 0.1) is 12.9 Å². The fraction of sp³-hybridized carbons (Fsp3) is 0.300. The minimum absolute atomic E-state index is 0.130. The smallest absolute Gasteiger partial charge is 0.264 e. The van der Waals surface area contributed by atoms with Crippen LogP contribution in [0.1, 0.15) is 17.3 Å². The Morgan fingerprint density at radius 3 is 2.31 bits per heavy atom. The standard InChI is InChI=1S/C10H13NO4S/c1-3-16(13,14)11-10(12)8-4-6-9(15-2)7-5-8/h4-7H,3H2,1-2H3,(H,11,12). The van der Waals surface area contributed by atoms with E-state index in [1.165, 1.54) is 26.2 Å². The minimum Gasteiger partial charge on any atom is -0.497 e. The fourth-order valence-corrected chi connectivity index (χ4v) is 1.56. The normalized spacial score (nSPS) is 10.9. The highest BCUT2D eigenvalue weighted by molar-refractivity contribution is 7.90. The van der Waals surface area contributed by atoms with Crippen molar-refractivity contribution in [1.82, 2.24) is 4.72 Å². The molecule has 0 aliphatic rings. The zero-order valence-corrected chi connectivity index (χ0v) is 9.87.